The number of rotatable bonds is 6. The van der Waals surface area contributed by atoms with E-state index in [2.05, 4.69) is 50.6 Å². The lowest BCUT2D eigenvalue weighted by Gasteiger charge is -2.10. The molecule has 0 atom stereocenters. The summed E-state index contributed by atoms with van der Waals surface area (Å²) < 4.78 is 1.19. The zero-order valence-electron chi connectivity index (χ0n) is 10.8. The number of nitrogens with zero attached hydrogens (tertiary/aromatic N) is 1. The highest BCUT2D eigenvalue weighted by Gasteiger charge is 1.99. The van der Waals surface area contributed by atoms with E-state index in [1.54, 1.807) is 11.3 Å². The van der Waals surface area contributed by atoms with Gasteiger partial charge in [-0.15, -0.1) is 35.3 Å². The Morgan fingerprint density at radius 1 is 1.33 bits per heavy atom. The molecule has 0 aliphatic heterocycles. The molecule has 104 valence electrons. The first kappa shape index (κ1) is 18.2. The van der Waals surface area contributed by atoms with Crippen LogP contribution in [0.1, 0.15) is 24.6 Å². The van der Waals surface area contributed by atoms with E-state index in [0.29, 0.717) is 0 Å². The first-order chi connectivity index (χ1) is 8.26. The lowest BCUT2D eigenvalue weighted by atomic mass is 10.3. The van der Waals surface area contributed by atoms with Crippen molar-refractivity contribution in [2.75, 3.05) is 20.1 Å². The van der Waals surface area contributed by atoms with Crippen LogP contribution in [0.15, 0.2) is 20.9 Å². The Labute approximate surface area is 139 Å². The molecule has 0 radical (unpaired) electrons. The second-order valence-electron chi connectivity index (χ2n) is 3.74. The van der Waals surface area contributed by atoms with Crippen LogP contribution in [-0.2, 0) is 6.42 Å². The molecule has 0 spiro atoms. The lowest BCUT2D eigenvalue weighted by molar-refractivity contribution is 0.727. The van der Waals surface area contributed by atoms with Crippen molar-refractivity contribution in [3.8, 4) is 0 Å². The summed E-state index contributed by atoms with van der Waals surface area (Å²) in [6.45, 7) is 4.09. The van der Waals surface area contributed by atoms with Gasteiger partial charge < -0.3 is 10.6 Å². The van der Waals surface area contributed by atoms with E-state index in [1.807, 2.05) is 7.05 Å². The third-order valence-electron chi connectivity index (χ3n) is 2.34. The fraction of sp³-hybridized carbons (Fsp3) is 0.583. The Morgan fingerprint density at radius 3 is 2.61 bits per heavy atom. The summed E-state index contributed by atoms with van der Waals surface area (Å²) in [4.78, 5) is 5.57. The SMILES string of the molecule is CCCCNC(=NC)NCCc1ccc(Br)s1.I. The molecule has 1 rings (SSSR count). The molecule has 0 amide bonds. The summed E-state index contributed by atoms with van der Waals surface area (Å²) in [6.07, 6.45) is 3.41. The molecular weight excluding hydrogens is 425 g/mol. The van der Waals surface area contributed by atoms with E-state index < -0.39 is 0 Å². The van der Waals surface area contributed by atoms with Crippen LogP contribution in [0.25, 0.3) is 0 Å². The van der Waals surface area contributed by atoms with Crippen LogP contribution in [0.4, 0.5) is 0 Å². The number of hydrogen-bond donors (Lipinski definition) is 2. The number of halogens is 2. The monoisotopic (exact) mass is 445 g/mol. The van der Waals surface area contributed by atoms with Gasteiger partial charge in [0.25, 0.3) is 0 Å². The predicted octanol–water partition coefficient (Wildman–Crippen LogP) is 3.64. The van der Waals surface area contributed by atoms with Gasteiger partial charge in [0.1, 0.15) is 0 Å². The van der Waals surface area contributed by atoms with Gasteiger partial charge in [-0.1, -0.05) is 13.3 Å². The summed E-state index contributed by atoms with van der Waals surface area (Å²) in [7, 11) is 1.81. The highest BCUT2D eigenvalue weighted by molar-refractivity contribution is 14.0. The highest BCUT2D eigenvalue weighted by atomic mass is 127. The van der Waals surface area contributed by atoms with Crippen LogP contribution in [0, 0.1) is 0 Å². The lowest BCUT2D eigenvalue weighted by Crippen LogP contribution is -2.38. The smallest absolute Gasteiger partial charge is 0.190 e. The summed E-state index contributed by atoms with van der Waals surface area (Å²) in [5, 5.41) is 6.61. The zero-order chi connectivity index (χ0) is 12.5. The second kappa shape index (κ2) is 11.0. The van der Waals surface area contributed by atoms with Crippen LogP contribution in [-0.4, -0.2) is 26.1 Å². The number of hydrogen-bond acceptors (Lipinski definition) is 2. The zero-order valence-corrected chi connectivity index (χ0v) is 15.6. The van der Waals surface area contributed by atoms with Gasteiger partial charge in [-0.2, -0.15) is 0 Å². The number of aliphatic imine (C=N–C) groups is 1. The summed E-state index contributed by atoms with van der Waals surface area (Å²) >= 11 is 5.26. The standard InChI is InChI=1S/C12H20BrN3S.HI/c1-3-4-8-15-12(14-2)16-9-7-10-5-6-11(13)17-10;/h5-6H,3-4,7-9H2,1-2H3,(H2,14,15,16);1H. The number of nitrogens with one attached hydrogen (secondary N) is 2. The maximum Gasteiger partial charge on any atom is 0.190 e. The van der Waals surface area contributed by atoms with Gasteiger partial charge in [0.15, 0.2) is 5.96 Å². The van der Waals surface area contributed by atoms with E-state index in [1.165, 1.54) is 21.5 Å². The number of thiophene rings is 1. The van der Waals surface area contributed by atoms with Crippen molar-refractivity contribution in [3.63, 3.8) is 0 Å². The third kappa shape index (κ3) is 7.58. The largest absolute Gasteiger partial charge is 0.356 e. The van der Waals surface area contributed by atoms with E-state index in [4.69, 9.17) is 0 Å². The molecule has 0 saturated carbocycles. The van der Waals surface area contributed by atoms with Crippen molar-refractivity contribution in [2.45, 2.75) is 26.2 Å². The first-order valence-electron chi connectivity index (χ1n) is 5.95. The molecule has 0 aromatic carbocycles. The highest BCUT2D eigenvalue weighted by Crippen LogP contribution is 2.21. The topological polar surface area (TPSA) is 36.4 Å². The molecule has 0 bridgehead atoms. The normalized spacial score (nSPS) is 10.9. The molecule has 1 aromatic rings. The van der Waals surface area contributed by atoms with Crippen LogP contribution in [0.3, 0.4) is 0 Å². The molecule has 6 heteroatoms. The molecule has 0 unspecified atom stereocenters. The predicted molar refractivity (Wildman–Crippen MR) is 95.4 cm³/mol. The maximum absolute atomic E-state index is 4.18. The van der Waals surface area contributed by atoms with E-state index in [-0.39, 0.29) is 24.0 Å². The maximum atomic E-state index is 4.18. The third-order valence-corrected chi connectivity index (χ3v) is 4.02. The minimum absolute atomic E-state index is 0. The summed E-state index contributed by atoms with van der Waals surface area (Å²) in [6, 6.07) is 4.25. The van der Waals surface area contributed by atoms with Crippen molar-refractivity contribution >= 4 is 57.2 Å². The Bertz CT molecular complexity index is 355. The van der Waals surface area contributed by atoms with Crippen molar-refractivity contribution in [3.05, 3.63) is 20.8 Å². The molecule has 0 aliphatic carbocycles. The van der Waals surface area contributed by atoms with Crippen molar-refractivity contribution in [1.29, 1.82) is 0 Å². The van der Waals surface area contributed by atoms with Gasteiger partial charge in [-0.25, -0.2) is 0 Å². The molecule has 3 nitrogen and oxygen atoms in total. The molecular formula is C12H21BrIN3S. The molecule has 0 saturated heterocycles. The molecule has 2 N–H and O–H groups in total. The summed E-state index contributed by atoms with van der Waals surface area (Å²) in [5.74, 6) is 0.897. The Balaban J connectivity index is 0.00000289. The molecule has 18 heavy (non-hydrogen) atoms. The fourth-order valence-electron chi connectivity index (χ4n) is 1.39. The quantitative estimate of drug-likeness (QED) is 0.303. The van der Waals surface area contributed by atoms with Crippen molar-refractivity contribution < 1.29 is 0 Å². The Hall–Kier alpha value is 0.180. The van der Waals surface area contributed by atoms with Crippen LogP contribution < -0.4 is 10.6 Å². The molecule has 0 fully saturated rings. The van der Waals surface area contributed by atoms with Gasteiger partial charge in [-0.05, 0) is 40.9 Å². The Morgan fingerprint density at radius 2 is 2.06 bits per heavy atom. The van der Waals surface area contributed by atoms with Gasteiger partial charge in [0.2, 0.25) is 0 Å². The minimum Gasteiger partial charge on any atom is -0.356 e. The average Bonchev–Trinajstić information content (AvgIpc) is 2.73. The number of unbranched alkanes of at least 4 members (excludes halogenated alkanes) is 1. The van der Waals surface area contributed by atoms with Gasteiger partial charge in [-0.3, -0.25) is 4.99 Å². The van der Waals surface area contributed by atoms with Gasteiger partial charge in [0.05, 0.1) is 3.79 Å². The Kier molecular flexibility index (Phi) is 11.2. The van der Waals surface area contributed by atoms with Gasteiger partial charge in [0, 0.05) is 25.0 Å². The van der Waals surface area contributed by atoms with E-state index in [9.17, 15) is 0 Å². The van der Waals surface area contributed by atoms with Crippen LogP contribution in [0.2, 0.25) is 0 Å². The van der Waals surface area contributed by atoms with Crippen LogP contribution >= 0.6 is 51.2 Å². The van der Waals surface area contributed by atoms with Crippen molar-refractivity contribution in [2.24, 2.45) is 4.99 Å². The fourth-order valence-corrected chi connectivity index (χ4v) is 2.88. The van der Waals surface area contributed by atoms with Crippen LogP contribution in [0.5, 0.6) is 0 Å². The second-order valence-corrected chi connectivity index (χ2v) is 6.28. The molecule has 1 aromatic heterocycles. The molecule has 0 aliphatic rings. The van der Waals surface area contributed by atoms with E-state index in [0.717, 1.165) is 25.5 Å². The first-order valence-corrected chi connectivity index (χ1v) is 7.56. The molecule has 1 heterocycles. The minimum atomic E-state index is 0. The van der Waals surface area contributed by atoms with Gasteiger partial charge >= 0.3 is 0 Å². The average molecular weight is 446 g/mol. The number of guanidine groups is 1. The van der Waals surface area contributed by atoms with Crippen molar-refractivity contribution in [1.82, 2.24) is 10.6 Å². The summed E-state index contributed by atoms with van der Waals surface area (Å²) in [5.41, 5.74) is 0. The van der Waals surface area contributed by atoms with E-state index >= 15 is 0 Å².